The summed E-state index contributed by atoms with van der Waals surface area (Å²) < 4.78 is 2.29. The molecule has 1 N–H and O–H groups in total. The molecule has 4 heteroatoms. The van der Waals surface area contributed by atoms with E-state index in [1.165, 1.54) is 5.52 Å². The molecule has 0 aliphatic carbocycles. The van der Waals surface area contributed by atoms with Crippen molar-refractivity contribution < 1.29 is 4.79 Å². The Kier molecular flexibility index (Phi) is 4.70. The van der Waals surface area contributed by atoms with Crippen molar-refractivity contribution in [3.63, 3.8) is 0 Å². The maximum absolute atomic E-state index is 12.3. The highest BCUT2D eigenvalue weighted by Gasteiger charge is 2.14. The molecular formula is C21H23N3O. The maximum atomic E-state index is 12.3. The molecule has 3 aromatic rings. The number of fused-ring (bicyclic) bond motifs is 1. The number of hydrazone groups is 1. The van der Waals surface area contributed by atoms with Crippen LogP contribution in [0.4, 0.5) is 0 Å². The molecule has 0 radical (unpaired) electrons. The van der Waals surface area contributed by atoms with Gasteiger partial charge in [0.15, 0.2) is 0 Å². The van der Waals surface area contributed by atoms with Crippen LogP contribution in [0.15, 0.2) is 53.6 Å². The van der Waals surface area contributed by atoms with Gasteiger partial charge >= 0.3 is 0 Å². The summed E-state index contributed by atoms with van der Waals surface area (Å²) in [5.41, 5.74) is 7.58. The molecule has 0 spiro atoms. The van der Waals surface area contributed by atoms with Crippen molar-refractivity contribution >= 4 is 23.0 Å². The number of para-hydroxylation sites is 1. The number of carbonyl (C=O) groups is 1. The number of hydrogen-bond acceptors (Lipinski definition) is 2. The monoisotopic (exact) mass is 333 g/mol. The van der Waals surface area contributed by atoms with Gasteiger partial charge in [-0.25, -0.2) is 5.43 Å². The number of rotatable bonds is 4. The van der Waals surface area contributed by atoms with Gasteiger partial charge in [0, 0.05) is 33.8 Å². The van der Waals surface area contributed by atoms with Crippen LogP contribution in [0.5, 0.6) is 0 Å². The number of aromatic nitrogens is 1. The van der Waals surface area contributed by atoms with Crippen LogP contribution in [0, 0.1) is 13.8 Å². The average Bonchev–Trinajstić information content (AvgIpc) is 2.87. The Hall–Kier alpha value is -2.88. The van der Waals surface area contributed by atoms with E-state index in [1.807, 2.05) is 37.3 Å². The standard InChI is InChI=1S/C21H23N3O/c1-14(2)24-16(4)19(18-11-7-8-12-20(18)24)13-22-23-21(25)17-10-6-5-9-15(17)3/h5-14H,1-4H3,(H,23,25)/b22-13+. The first-order valence-electron chi connectivity index (χ1n) is 8.49. The molecule has 4 nitrogen and oxygen atoms in total. The Labute approximate surface area is 148 Å². The van der Waals surface area contributed by atoms with Gasteiger partial charge in [-0.1, -0.05) is 36.4 Å². The Balaban J connectivity index is 1.91. The van der Waals surface area contributed by atoms with Gasteiger partial charge in [0.1, 0.15) is 0 Å². The molecule has 25 heavy (non-hydrogen) atoms. The summed E-state index contributed by atoms with van der Waals surface area (Å²) in [7, 11) is 0. The van der Waals surface area contributed by atoms with Crippen molar-refractivity contribution in [3.8, 4) is 0 Å². The molecule has 1 heterocycles. The Bertz CT molecular complexity index is 951. The van der Waals surface area contributed by atoms with E-state index in [0.717, 1.165) is 22.2 Å². The second kappa shape index (κ2) is 6.93. The van der Waals surface area contributed by atoms with Crippen LogP contribution in [0.1, 0.15) is 47.1 Å². The fourth-order valence-electron chi connectivity index (χ4n) is 3.29. The predicted molar refractivity (Wildman–Crippen MR) is 103 cm³/mol. The minimum absolute atomic E-state index is 0.195. The molecule has 0 unspecified atom stereocenters. The van der Waals surface area contributed by atoms with Crippen LogP contribution in [-0.2, 0) is 0 Å². The van der Waals surface area contributed by atoms with E-state index in [0.29, 0.717) is 11.6 Å². The Morgan fingerprint density at radius 1 is 1.08 bits per heavy atom. The molecule has 0 aliphatic rings. The van der Waals surface area contributed by atoms with E-state index in [9.17, 15) is 4.79 Å². The summed E-state index contributed by atoms with van der Waals surface area (Å²) in [5.74, 6) is -0.195. The molecule has 3 rings (SSSR count). The first-order valence-corrected chi connectivity index (χ1v) is 8.49. The summed E-state index contributed by atoms with van der Waals surface area (Å²) in [5, 5.41) is 5.35. The Morgan fingerprint density at radius 3 is 2.48 bits per heavy atom. The van der Waals surface area contributed by atoms with Gasteiger partial charge < -0.3 is 4.57 Å². The zero-order valence-corrected chi connectivity index (χ0v) is 15.1. The lowest BCUT2D eigenvalue weighted by Gasteiger charge is -2.12. The van der Waals surface area contributed by atoms with Gasteiger partial charge in [-0.05, 0) is 45.4 Å². The number of carbonyl (C=O) groups excluding carboxylic acids is 1. The quantitative estimate of drug-likeness (QED) is 0.550. The van der Waals surface area contributed by atoms with Crippen LogP contribution in [-0.4, -0.2) is 16.7 Å². The number of nitrogens with one attached hydrogen (secondary N) is 1. The van der Waals surface area contributed by atoms with Crippen LogP contribution in [0.2, 0.25) is 0 Å². The minimum atomic E-state index is -0.195. The molecule has 0 saturated carbocycles. The second-order valence-corrected chi connectivity index (χ2v) is 6.49. The van der Waals surface area contributed by atoms with Crippen molar-refractivity contribution in [2.45, 2.75) is 33.7 Å². The van der Waals surface area contributed by atoms with Gasteiger partial charge in [0.05, 0.1) is 6.21 Å². The van der Waals surface area contributed by atoms with Gasteiger partial charge in [-0.2, -0.15) is 5.10 Å². The Morgan fingerprint density at radius 2 is 1.76 bits per heavy atom. The molecule has 128 valence electrons. The summed E-state index contributed by atoms with van der Waals surface area (Å²) in [4.78, 5) is 12.3. The SMILES string of the molecule is Cc1ccccc1C(=O)N/N=C/c1c(C)n(C(C)C)c2ccccc12. The topological polar surface area (TPSA) is 46.4 Å². The molecule has 1 aromatic heterocycles. The maximum Gasteiger partial charge on any atom is 0.271 e. The number of benzene rings is 2. The van der Waals surface area contributed by atoms with E-state index in [-0.39, 0.29) is 5.91 Å². The molecule has 0 saturated heterocycles. The lowest BCUT2D eigenvalue weighted by molar-refractivity contribution is 0.0954. The second-order valence-electron chi connectivity index (χ2n) is 6.49. The normalized spacial score (nSPS) is 11.6. The van der Waals surface area contributed by atoms with Crippen LogP contribution in [0.25, 0.3) is 10.9 Å². The minimum Gasteiger partial charge on any atom is -0.342 e. The molecule has 0 bridgehead atoms. The average molecular weight is 333 g/mol. The van der Waals surface area contributed by atoms with E-state index < -0.39 is 0 Å². The highest BCUT2D eigenvalue weighted by atomic mass is 16.2. The smallest absolute Gasteiger partial charge is 0.271 e. The number of amides is 1. The van der Waals surface area contributed by atoms with E-state index >= 15 is 0 Å². The van der Waals surface area contributed by atoms with E-state index in [1.54, 1.807) is 12.3 Å². The van der Waals surface area contributed by atoms with Crippen molar-refractivity contribution in [2.24, 2.45) is 5.10 Å². The largest absolute Gasteiger partial charge is 0.342 e. The summed E-state index contributed by atoms with van der Waals surface area (Å²) in [6, 6.07) is 16.1. The molecule has 0 aliphatic heterocycles. The van der Waals surface area contributed by atoms with Crippen LogP contribution >= 0.6 is 0 Å². The summed E-state index contributed by atoms with van der Waals surface area (Å²) >= 11 is 0. The first-order chi connectivity index (χ1) is 12.0. The first kappa shape index (κ1) is 17.0. The van der Waals surface area contributed by atoms with Gasteiger partial charge in [0.2, 0.25) is 0 Å². The third kappa shape index (κ3) is 3.20. The number of aryl methyl sites for hydroxylation is 1. The highest BCUT2D eigenvalue weighted by Crippen LogP contribution is 2.27. The number of hydrogen-bond donors (Lipinski definition) is 1. The van der Waals surface area contributed by atoms with E-state index in [4.69, 9.17) is 0 Å². The van der Waals surface area contributed by atoms with Crippen LogP contribution < -0.4 is 5.43 Å². The van der Waals surface area contributed by atoms with Crippen LogP contribution in [0.3, 0.4) is 0 Å². The number of nitrogens with zero attached hydrogens (tertiary/aromatic N) is 2. The molecule has 0 fully saturated rings. The van der Waals surface area contributed by atoms with Crippen molar-refractivity contribution in [1.82, 2.24) is 9.99 Å². The van der Waals surface area contributed by atoms with Crippen molar-refractivity contribution in [1.29, 1.82) is 0 Å². The molecular weight excluding hydrogens is 310 g/mol. The lowest BCUT2D eigenvalue weighted by atomic mass is 10.1. The van der Waals surface area contributed by atoms with Crippen molar-refractivity contribution in [2.75, 3.05) is 0 Å². The van der Waals surface area contributed by atoms with Gasteiger partial charge in [0.25, 0.3) is 5.91 Å². The molecule has 2 aromatic carbocycles. The zero-order valence-electron chi connectivity index (χ0n) is 15.1. The van der Waals surface area contributed by atoms with Gasteiger partial charge in [-0.3, -0.25) is 4.79 Å². The molecule has 1 amide bonds. The zero-order chi connectivity index (χ0) is 18.0. The highest BCUT2D eigenvalue weighted by molar-refractivity contribution is 6.02. The lowest BCUT2D eigenvalue weighted by Crippen LogP contribution is -2.18. The van der Waals surface area contributed by atoms with E-state index in [2.05, 4.69) is 48.0 Å². The fourth-order valence-corrected chi connectivity index (χ4v) is 3.29. The fraction of sp³-hybridized carbons (Fsp3) is 0.238. The predicted octanol–water partition coefficient (Wildman–Crippen LogP) is 4.60. The summed E-state index contributed by atoms with van der Waals surface area (Å²) in [6.07, 6.45) is 1.74. The summed E-state index contributed by atoms with van der Waals surface area (Å²) in [6.45, 7) is 8.34. The third-order valence-electron chi connectivity index (χ3n) is 4.47. The van der Waals surface area contributed by atoms with Crippen molar-refractivity contribution in [3.05, 3.63) is 70.9 Å². The van der Waals surface area contributed by atoms with Gasteiger partial charge in [-0.15, -0.1) is 0 Å². The third-order valence-corrected chi connectivity index (χ3v) is 4.47. The molecule has 0 atom stereocenters.